The van der Waals surface area contributed by atoms with E-state index >= 15 is 0 Å². The molecule has 2 N–H and O–H groups in total. The lowest BCUT2D eigenvalue weighted by molar-refractivity contribution is -0.125. The number of carbonyl (C=O) groups is 1. The summed E-state index contributed by atoms with van der Waals surface area (Å²) in [6, 6.07) is 5.52. The molecule has 4 heteroatoms. The maximum absolute atomic E-state index is 11.2. The van der Waals surface area contributed by atoms with Gasteiger partial charge < -0.3 is 5.73 Å². The smallest absolute Gasteiger partial charge is 0.223 e. The van der Waals surface area contributed by atoms with Gasteiger partial charge in [-0.3, -0.25) is 4.79 Å². The molecule has 0 heterocycles. The Hall–Kier alpha value is -0.540. The third-order valence-electron chi connectivity index (χ3n) is 2.31. The minimum absolute atomic E-state index is 0.302. The molecule has 1 rings (SSSR count). The van der Waals surface area contributed by atoms with Crippen LogP contribution >= 0.6 is 27.5 Å². The van der Waals surface area contributed by atoms with Crippen molar-refractivity contribution in [2.75, 3.05) is 0 Å². The van der Waals surface area contributed by atoms with Gasteiger partial charge in [0, 0.05) is 14.9 Å². The second-order valence-corrected chi connectivity index (χ2v) is 5.45. The fraction of sp³-hybridized carbons (Fsp3) is 0.364. The SMILES string of the molecule is CC(C)(Cc1ccc(Cl)cc1Br)C(N)=O. The van der Waals surface area contributed by atoms with E-state index in [4.69, 9.17) is 17.3 Å². The van der Waals surface area contributed by atoms with E-state index in [1.54, 1.807) is 6.07 Å². The number of hydrogen-bond donors (Lipinski definition) is 1. The summed E-state index contributed by atoms with van der Waals surface area (Å²) in [6.45, 7) is 3.66. The van der Waals surface area contributed by atoms with Gasteiger partial charge in [-0.05, 0) is 24.1 Å². The molecule has 1 aromatic carbocycles. The van der Waals surface area contributed by atoms with Crippen molar-refractivity contribution >= 4 is 33.4 Å². The highest BCUT2D eigenvalue weighted by Gasteiger charge is 2.25. The van der Waals surface area contributed by atoms with Crippen LogP contribution in [0.15, 0.2) is 22.7 Å². The van der Waals surface area contributed by atoms with Crippen LogP contribution in [-0.2, 0) is 11.2 Å². The summed E-state index contributed by atoms with van der Waals surface area (Å²) in [5, 5.41) is 0.669. The maximum Gasteiger partial charge on any atom is 0.223 e. The van der Waals surface area contributed by atoms with Crippen LogP contribution in [0, 0.1) is 5.41 Å². The molecular formula is C11H13BrClNO. The number of benzene rings is 1. The van der Waals surface area contributed by atoms with Gasteiger partial charge in [-0.2, -0.15) is 0 Å². The molecule has 0 saturated carbocycles. The minimum Gasteiger partial charge on any atom is -0.369 e. The van der Waals surface area contributed by atoms with Crippen LogP contribution < -0.4 is 5.73 Å². The van der Waals surface area contributed by atoms with E-state index in [1.807, 2.05) is 26.0 Å². The molecular weight excluding hydrogens is 277 g/mol. The van der Waals surface area contributed by atoms with Gasteiger partial charge in [0.25, 0.3) is 0 Å². The fourth-order valence-electron chi connectivity index (χ4n) is 1.23. The van der Waals surface area contributed by atoms with E-state index < -0.39 is 5.41 Å². The lowest BCUT2D eigenvalue weighted by Crippen LogP contribution is -2.33. The highest BCUT2D eigenvalue weighted by molar-refractivity contribution is 9.10. The van der Waals surface area contributed by atoms with E-state index in [9.17, 15) is 4.79 Å². The molecule has 0 spiro atoms. The third-order valence-corrected chi connectivity index (χ3v) is 3.29. The number of amides is 1. The molecule has 1 aromatic rings. The standard InChI is InChI=1S/C11H13BrClNO/c1-11(2,10(14)15)6-7-3-4-8(13)5-9(7)12/h3-5H,6H2,1-2H3,(H2,14,15). The average Bonchev–Trinajstić information content (AvgIpc) is 2.09. The fourth-order valence-corrected chi connectivity index (χ4v) is 2.05. The number of rotatable bonds is 3. The Labute approximate surface area is 103 Å². The number of halogens is 2. The van der Waals surface area contributed by atoms with Crippen LogP contribution in [-0.4, -0.2) is 5.91 Å². The van der Waals surface area contributed by atoms with Gasteiger partial charge in [-0.25, -0.2) is 0 Å². The number of primary amides is 1. The zero-order chi connectivity index (χ0) is 11.6. The van der Waals surface area contributed by atoms with Crippen molar-refractivity contribution in [3.8, 4) is 0 Å². The topological polar surface area (TPSA) is 43.1 Å². The monoisotopic (exact) mass is 289 g/mol. The van der Waals surface area contributed by atoms with E-state index in [-0.39, 0.29) is 5.91 Å². The van der Waals surface area contributed by atoms with Gasteiger partial charge in [0.2, 0.25) is 5.91 Å². The van der Waals surface area contributed by atoms with E-state index in [1.165, 1.54) is 0 Å². The van der Waals surface area contributed by atoms with Gasteiger partial charge in [0.1, 0.15) is 0 Å². The van der Waals surface area contributed by atoms with Gasteiger partial charge in [-0.15, -0.1) is 0 Å². The quantitative estimate of drug-likeness (QED) is 0.913. The highest BCUT2D eigenvalue weighted by atomic mass is 79.9. The summed E-state index contributed by atoms with van der Waals surface area (Å²) in [5.74, 6) is -0.302. The third kappa shape index (κ3) is 3.21. The lowest BCUT2D eigenvalue weighted by atomic mass is 9.85. The summed E-state index contributed by atoms with van der Waals surface area (Å²) in [5.41, 5.74) is 5.80. The van der Waals surface area contributed by atoms with Crippen LogP contribution in [0.2, 0.25) is 5.02 Å². The first-order chi connectivity index (χ1) is 6.83. The molecule has 82 valence electrons. The first-order valence-electron chi connectivity index (χ1n) is 4.57. The van der Waals surface area contributed by atoms with Crippen LogP contribution in [0.5, 0.6) is 0 Å². The van der Waals surface area contributed by atoms with Crippen molar-refractivity contribution < 1.29 is 4.79 Å². The molecule has 0 fully saturated rings. The van der Waals surface area contributed by atoms with Crippen molar-refractivity contribution in [1.29, 1.82) is 0 Å². The van der Waals surface area contributed by atoms with Crippen molar-refractivity contribution in [2.45, 2.75) is 20.3 Å². The summed E-state index contributed by atoms with van der Waals surface area (Å²) in [7, 11) is 0. The summed E-state index contributed by atoms with van der Waals surface area (Å²) >= 11 is 9.24. The molecule has 0 aliphatic carbocycles. The molecule has 0 bridgehead atoms. The molecule has 1 amide bonds. The Bertz CT molecular complexity index is 390. The predicted molar refractivity (Wildman–Crippen MR) is 65.8 cm³/mol. The van der Waals surface area contributed by atoms with Crippen molar-refractivity contribution in [3.05, 3.63) is 33.3 Å². The zero-order valence-corrected chi connectivity index (χ0v) is 11.0. The predicted octanol–water partition coefficient (Wildman–Crippen LogP) is 3.16. The van der Waals surface area contributed by atoms with Crippen LogP contribution in [0.25, 0.3) is 0 Å². The molecule has 0 aromatic heterocycles. The van der Waals surface area contributed by atoms with Crippen molar-refractivity contribution in [1.82, 2.24) is 0 Å². The Kier molecular flexibility index (Phi) is 3.79. The summed E-state index contributed by atoms with van der Waals surface area (Å²) in [6.07, 6.45) is 0.597. The Balaban J connectivity index is 2.95. The van der Waals surface area contributed by atoms with Crippen LogP contribution in [0.3, 0.4) is 0 Å². The highest BCUT2D eigenvalue weighted by Crippen LogP contribution is 2.28. The van der Waals surface area contributed by atoms with Gasteiger partial charge in [0.05, 0.1) is 0 Å². The molecule has 0 aliphatic heterocycles. The van der Waals surface area contributed by atoms with E-state index in [2.05, 4.69) is 15.9 Å². The number of nitrogens with two attached hydrogens (primary N) is 1. The lowest BCUT2D eigenvalue weighted by Gasteiger charge is -2.21. The second kappa shape index (κ2) is 4.54. The van der Waals surface area contributed by atoms with Crippen LogP contribution in [0.4, 0.5) is 0 Å². The Morgan fingerprint density at radius 2 is 2.13 bits per heavy atom. The maximum atomic E-state index is 11.2. The van der Waals surface area contributed by atoms with Crippen LogP contribution in [0.1, 0.15) is 19.4 Å². The largest absolute Gasteiger partial charge is 0.369 e. The Morgan fingerprint density at radius 1 is 1.53 bits per heavy atom. The van der Waals surface area contributed by atoms with Crippen molar-refractivity contribution in [3.63, 3.8) is 0 Å². The minimum atomic E-state index is -0.545. The molecule has 15 heavy (non-hydrogen) atoms. The number of carbonyl (C=O) groups excluding carboxylic acids is 1. The summed E-state index contributed by atoms with van der Waals surface area (Å²) in [4.78, 5) is 11.2. The van der Waals surface area contributed by atoms with E-state index in [0.717, 1.165) is 10.0 Å². The molecule has 0 radical (unpaired) electrons. The molecule has 2 nitrogen and oxygen atoms in total. The Morgan fingerprint density at radius 3 is 2.60 bits per heavy atom. The van der Waals surface area contributed by atoms with E-state index in [0.29, 0.717) is 11.4 Å². The molecule has 0 saturated heterocycles. The summed E-state index contributed by atoms with van der Waals surface area (Å²) < 4.78 is 0.907. The molecule has 0 unspecified atom stereocenters. The average molecular weight is 291 g/mol. The molecule has 0 aliphatic rings. The second-order valence-electron chi connectivity index (χ2n) is 4.16. The zero-order valence-electron chi connectivity index (χ0n) is 8.68. The number of hydrogen-bond acceptors (Lipinski definition) is 1. The van der Waals surface area contributed by atoms with Crippen molar-refractivity contribution in [2.24, 2.45) is 11.1 Å². The van der Waals surface area contributed by atoms with Gasteiger partial charge >= 0.3 is 0 Å². The molecule has 0 atom stereocenters. The first-order valence-corrected chi connectivity index (χ1v) is 5.74. The first kappa shape index (κ1) is 12.5. The van der Waals surface area contributed by atoms with Gasteiger partial charge in [-0.1, -0.05) is 47.4 Å². The van der Waals surface area contributed by atoms with Gasteiger partial charge in [0.15, 0.2) is 0 Å². The normalized spacial score (nSPS) is 11.5.